The molecular formula is C18H16N2O2. The molecule has 3 unspecified atom stereocenters. The molecule has 22 heavy (non-hydrogen) atoms. The van der Waals surface area contributed by atoms with Crippen molar-refractivity contribution in [2.45, 2.75) is 18.4 Å². The van der Waals surface area contributed by atoms with Crippen LogP contribution in [0.2, 0.25) is 0 Å². The monoisotopic (exact) mass is 292 g/mol. The van der Waals surface area contributed by atoms with Crippen LogP contribution in [0.5, 0.6) is 0 Å². The second-order valence-electron chi connectivity index (χ2n) is 5.91. The molecule has 3 atom stereocenters. The van der Waals surface area contributed by atoms with Crippen LogP contribution in [-0.2, 0) is 0 Å². The van der Waals surface area contributed by atoms with Crippen molar-refractivity contribution >= 4 is 11.4 Å². The summed E-state index contributed by atoms with van der Waals surface area (Å²) in [4.78, 5) is 10.7. The molecule has 0 amide bonds. The highest BCUT2D eigenvalue weighted by atomic mass is 16.6. The lowest BCUT2D eigenvalue weighted by atomic mass is 9.77. The summed E-state index contributed by atoms with van der Waals surface area (Å²) >= 11 is 0. The number of hydrogen-bond donors (Lipinski definition) is 1. The van der Waals surface area contributed by atoms with Gasteiger partial charge in [0.05, 0.1) is 11.0 Å². The van der Waals surface area contributed by atoms with Gasteiger partial charge < -0.3 is 5.32 Å². The summed E-state index contributed by atoms with van der Waals surface area (Å²) in [5, 5.41) is 14.6. The third kappa shape index (κ3) is 1.99. The van der Waals surface area contributed by atoms with Crippen LogP contribution in [0.3, 0.4) is 0 Å². The number of rotatable bonds is 2. The van der Waals surface area contributed by atoms with Gasteiger partial charge in [-0.3, -0.25) is 10.1 Å². The molecule has 0 saturated carbocycles. The van der Waals surface area contributed by atoms with Crippen molar-refractivity contribution in [3.05, 3.63) is 81.9 Å². The first kappa shape index (κ1) is 13.1. The normalized spacial score (nSPS) is 25.2. The molecule has 4 rings (SSSR count). The SMILES string of the molecule is O=[N+]([O-])c1cccc(C2Nc3ccccc3C3C=CCC32)c1. The standard InChI is InChI=1S/C18H16N2O2/c21-20(22)13-6-3-5-12(11-13)18-16-9-4-8-14(16)15-7-1-2-10-17(15)19-18/h1-8,10-11,14,16,18-19H,9H2. The molecule has 0 bridgehead atoms. The zero-order chi connectivity index (χ0) is 15.1. The average Bonchev–Trinajstić information content (AvgIpc) is 3.04. The lowest BCUT2D eigenvalue weighted by Gasteiger charge is -2.37. The summed E-state index contributed by atoms with van der Waals surface area (Å²) in [5.41, 5.74) is 3.60. The Morgan fingerprint density at radius 2 is 2.00 bits per heavy atom. The van der Waals surface area contributed by atoms with Crippen molar-refractivity contribution in [2.24, 2.45) is 5.92 Å². The van der Waals surface area contributed by atoms with Gasteiger partial charge in [0.15, 0.2) is 0 Å². The van der Waals surface area contributed by atoms with E-state index < -0.39 is 0 Å². The van der Waals surface area contributed by atoms with E-state index in [1.54, 1.807) is 18.2 Å². The molecule has 2 aliphatic rings. The van der Waals surface area contributed by atoms with Crippen LogP contribution in [0.1, 0.15) is 29.5 Å². The van der Waals surface area contributed by atoms with E-state index >= 15 is 0 Å². The van der Waals surface area contributed by atoms with Gasteiger partial charge in [-0.15, -0.1) is 0 Å². The van der Waals surface area contributed by atoms with E-state index in [0.717, 1.165) is 17.7 Å². The Balaban J connectivity index is 1.77. The number of anilines is 1. The summed E-state index contributed by atoms with van der Waals surface area (Å²) in [6, 6.07) is 15.4. The Kier molecular flexibility index (Phi) is 2.96. The first-order valence-corrected chi connectivity index (χ1v) is 7.50. The number of nitro groups is 1. The van der Waals surface area contributed by atoms with Crippen LogP contribution in [-0.4, -0.2) is 4.92 Å². The fourth-order valence-corrected chi connectivity index (χ4v) is 3.71. The Bertz CT molecular complexity index is 769. The Morgan fingerprint density at radius 3 is 2.86 bits per heavy atom. The molecule has 1 N–H and O–H groups in total. The molecule has 0 fully saturated rings. The van der Waals surface area contributed by atoms with Gasteiger partial charge in [0, 0.05) is 23.7 Å². The van der Waals surface area contributed by atoms with Crippen molar-refractivity contribution in [2.75, 3.05) is 5.32 Å². The molecule has 110 valence electrons. The highest BCUT2D eigenvalue weighted by molar-refractivity contribution is 5.59. The highest BCUT2D eigenvalue weighted by Gasteiger charge is 2.37. The zero-order valence-electron chi connectivity index (χ0n) is 12.0. The molecule has 2 aromatic rings. The van der Waals surface area contributed by atoms with Gasteiger partial charge in [0.2, 0.25) is 0 Å². The van der Waals surface area contributed by atoms with Crippen LogP contribution in [0.25, 0.3) is 0 Å². The predicted octanol–water partition coefficient (Wildman–Crippen LogP) is 4.42. The number of para-hydroxylation sites is 1. The number of allylic oxidation sites excluding steroid dienone is 2. The molecule has 0 spiro atoms. The van der Waals surface area contributed by atoms with E-state index in [1.807, 2.05) is 12.1 Å². The lowest BCUT2D eigenvalue weighted by Crippen LogP contribution is -2.28. The highest BCUT2D eigenvalue weighted by Crippen LogP contribution is 2.49. The molecule has 1 aliphatic heterocycles. The largest absolute Gasteiger partial charge is 0.378 e. The Hall–Kier alpha value is -2.62. The second kappa shape index (κ2) is 4.98. The summed E-state index contributed by atoms with van der Waals surface area (Å²) in [5.74, 6) is 0.804. The van der Waals surface area contributed by atoms with Gasteiger partial charge in [0.25, 0.3) is 5.69 Å². The van der Waals surface area contributed by atoms with Crippen LogP contribution in [0.15, 0.2) is 60.7 Å². The molecule has 2 aromatic carbocycles. The molecule has 0 saturated heterocycles. The maximum atomic E-state index is 11.0. The molecule has 4 heteroatoms. The number of fused-ring (bicyclic) bond motifs is 3. The van der Waals surface area contributed by atoms with Crippen LogP contribution in [0.4, 0.5) is 11.4 Å². The van der Waals surface area contributed by atoms with Crippen LogP contribution >= 0.6 is 0 Å². The summed E-state index contributed by atoms with van der Waals surface area (Å²) in [6.45, 7) is 0. The lowest BCUT2D eigenvalue weighted by molar-refractivity contribution is -0.384. The molecule has 1 aliphatic carbocycles. The summed E-state index contributed by atoms with van der Waals surface area (Å²) in [7, 11) is 0. The third-order valence-corrected chi connectivity index (χ3v) is 4.71. The number of nitrogens with zero attached hydrogens (tertiary/aromatic N) is 1. The van der Waals surface area contributed by atoms with E-state index in [9.17, 15) is 10.1 Å². The molecule has 4 nitrogen and oxygen atoms in total. The number of non-ortho nitro benzene ring substituents is 1. The van der Waals surface area contributed by atoms with Gasteiger partial charge in [-0.05, 0) is 29.5 Å². The van der Waals surface area contributed by atoms with Gasteiger partial charge >= 0.3 is 0 Å². The maximum absolute atomic E-state index is 11.0. The van der Waals surface area contributed by atoms with Crippen molar-refractivity contribution in [3.8, 4) is 0 Å². The quantitative estimate of drug-likeness (QED) is 0.506. The number of nitro benzene ring substituents is 1. The molecular weight excluding hydrogens is 276 g/mol. The predicted molar refractivity (Wildman–Crippen MR) is 85.9 cm³/mol. The molecule has 1 heterocycles. The van der Waals surface area contributed by atoms with Gasteiger partial charge in [-0.1, -0.05) is 42.5 Å². The third-order valence-electron chi connectivity index (χ3n) is 4.71. The zero-order valence-corrected chi connectivity index (χ0v) is 12.0. The number of hydrogen-bond acceptors (Lipinski definition) is 3. The molecule has 0 aromatic heterocycles. The van der Waals surface area contributed by atoms with E-state index in [-0.39, 0.29) is 16.7 Å². The van der Waals surface area contributed by atoms with Gasteiger partial charge in [-0.2, -0.15) is 0 Å². The summed E-state index contributed by atoms with van der Waals surface area (Å²) in [6.07, 6.45) is 5.50. The maximum Gasteiger partial charge on any atom is 0.269 e. The van der Waals surface area contributed by atoms with Crippen molar-refractivity contribution in [1.29, 1.82) is 0 Å². The van der Waals surface area contributed by atoms with Crippen molar-refractivity contribution in [3.63, 3.8) is 0 Å². The van der Waals surface area contributed by atoms with E-state index in [1.165, 1.54) is 5.56 Å². The van der Waals surface area contributed by atoms with Crippen LogP contribution in [0, 0.1) is 16.0 Å². The summed E-state index contributed by atoms with van der Waals surface area (Å²) < 4.78 is 0. The minimum Gasteiger partial charge on any atom is -0.378 e. The van der Waals surface area contributed by atoms with E-state index in [2.05, 4.69) is 35.7 Å². The minimum absolute atomic E-state index is 0.106. The van der Waals surface area contributed by atoms with Crippen molar-refractivity contribution < 1.29 is 4.92 Å². The Morgan fingerprint density at radius 1 is 1.14 bits per heavy atom. The van der Waals surface area contributed by atoms with E-state index in [4.69, 9.17) is 0 Å². The first-order chi connectivity index (χ1) is 10.7. The number of nitrogens with one attached hydrogen (secondary N) is 1. The number of benzene rings is 2. The van der Waals surface area contributed by atoms with Gasteiger partial charge in [-0.25, -0.2) is 0 Å². The van der Waals surface area contributed by atoms with Crippen molar-refractivity contribution in [1.82, 2.24) is 0 Å². The van der Waals surface area contributed by atoms with Crippen LogP contribution < -0.4 is 5.32 Å². The average molecular weight is 292 g/mol. The smallest absolute Gasteiger partial charge is 0.269 e. The topological polar surface area (TPSA) is 55.2 Å². The molecule has 0 radical (unpaired) electrons. The van der Waals surface area contributed by atoms with E-state index in [0.29, 0.717) is 11.8 Å². The fraction of sp³-hybridized carbons (Fsp3) is 0.222. The Labute approximate surface area is 128 Å². The first-order valence-electron chi connectivity index (χ1n) is 7.50. The van der Waals surface area contributed by atoms with Gasteiger partial charge in [0.1, 0.15) is 0 Å². The minimum atomic E-state index is -0.329. The second-order valence-corrected chi connectivity index (χ2v) is 5.91. The fourth-order valence-electron chi connectivity index (χ4n) is 3.71.